The summed E-state index contributed by atoms with van der Waals surface area (Å²) in [4.78, 5) is 22.6. The van der Waals surface area contributed by atoms with Crippen molar-refractivity contribution in [1.29, 1.82) is 0 Å². The van der Waals surface area contributed by atoms with E-state index < -0.39 is 0 Å². The number of rotatable bonds is 3. The molecule has 1 amide bonds. The highest BCUT2D eigenvalue weighted by molar-refractivity contribution is 5.79. The Kier molecular flexibility index (Phi) is 3.56. The van der Waals surface area contributed by atoms with Crippen LogP contribution in [0.2, 0.25) is 0 Å². The van der Waals surface area contributed by atoms with E-state index in [9.17, 15) is 4.79 Å². The molecule has 1 fully saturated rings. The minimum absolute atomic E-state index is 0.0242. The van der Waals surface area contributed by atoms with Gasteiger partial charge in [0.25, 0.3) is 0 Å². The van der Waals surface area contributed by atoms with Crippen molar-refractivity contribution in [3.63, 3.8) is 0 Å². The maximum absolute atomic E-state index is 11.9. The monoisotopic (exact) mass is 300 g/mol. The summed E-state index contributed by atoms with van der Waals surface area (Å²) in [6.45, 7) is 5.16. The van der Waals surface area contributed by atoms with Gasteiger partial charge in [-0.15, -0.1) is 0 Å². The molecular weight excluding hydrogens is 280 g/mol. The van der Waals surface area contributed by atoms with Crippen molar-refractivity contribution < 1.29 is 4.79 Å². The van der Waals surface area contributed by atoms with Crippen LogP contribution in [0.25, 0.3) is 0 Å². The van der Waals surface area contributed by atoms with Crippen LogP contribution in [0.1, 0.15) is 22.7 Å². The zero-order valence-electron chi connectivity index (χ0n) is 13.0. The summed E-state index contributed by atoms with van der Waals surface area (Å²) in [6, 6.07) is 0. The molecular formula is C15H20N6O. The molecule has 7 heteroatoms. The molecule has 2 aromatic rings. The van der Waals surface area contributed by atoms with Crippen LogP contribution >= 0.6 is 0 Å². The summed E-state index contributed by atoms with van der Waals surface area (Å²) in [6.07, 6.45) is 5.39. The summed E-state index contributed by atoms with van der Waals surface area (Å²) in [5.74, 6) is 0.118. The van der Waals surface area contributed by atoms with E-state index in [0.717, 1.165) is 16.8 Å². The van der Waals surface area contributed by atoms with Gasteiger partial charge in [0.1, 0.15) is 0 Å². The fourth-order valence-electron chi connectivity index (χ4n) is 3.00. The van der Waals surface area contributed by atoms with Gasteiger partial charge in [-0.3, -0.25) is 9.48 Å². The molecule has 3 rings (SSSR count). The standard InChI is InChI=1S/C15H20N6O/c1-9-4-17-15(18-5-9)21-7-12(13(8-21)14(16)22)11-6-19-20(3)10(11)2/h4-6,12-13H,7-8H2,1-3H3,(H2,16,22)/t12-,13+/m1/s1. The molecule has 0 spiro atoms. The molecule has 0 radical (unpaired) electrons. The number of nitrogens with zero attached hydrogens (tertiary/aromatic N) is 5. The minimum atomic E-state index is -0.289. The van der Waals surface area contributed by atoms with Gasteiger partial charge in [0, 0.05) is 44.1 Å². The highest BCUT2D eigenvalue weighted by atomic mass is 16.1. The Morgan fingerprint density at radius 1 is 1.23 bits per heavy atom. The van der Waals surface area contributed by atoms with Crippen molar-refractivity contribution in [1.82, 2.24) is 19.7 Å². The lowest BCUT2D eigenvalue weighted by molar-refractivity contribution is -0.121. The maximum Gasteiger partial charge on any atom is 0.225 e. The number of carbonyl (C=O) groups excluding carboxylic acids is 1. The summed E-state index contributed by atoms with van der Waals surface area (Å²) < 4.78 is 1.82. The van der Waals surface area contributed by atoms with E-state index in [1.54, 1.807) is 12.4 Å². The van der Waals surface area contributed by atoms with E-state index >= 15 is 0 Å². The Balaban J connectivity index is 1.91. The van der Waals surface area contributed by atoms with E-state index in [2.05, 4.69) is 15.1 Å². The van der Waals surface area contributed by atoms with Crippen LogP contribution in [0.4, 0.5) is 5.95 Å². The summed E-state index contributed by atoms with van der Waals surface area (Å²) in [5.41, 5.74) is 8.75. The van der Waals surface area contributed by atoms with Gasteiger partial charge >= 0.3 is 0 Å². The number of primary amides is 1. The number of amides is 1. The number of carbonyl (C=O) groups is 1. The molecule has 0 aromatic carbocycles. The minimum Gasteiger partial charge on any atom is -0.369 e. The topological polar surface area (TPSA) is 89.9 Å². The lowest BCUT2D eigenvalue weighted by Crippen LogP contribution is -2.29. The van der Waals surface area contributed by atoms with E-state index in [1.807, 2.05) is 36.7 Å². The number of hydrogen-bond acceptors (Lipinski definition) is 5. The van der Waals surface area contributed by atoms with Crippen molar-refractivity contribution in [2.75, 3.05) is 18.0 Å². The van der Waals surface area contributed by atoms with Gasteiger partial charge in [0.2, 0.25) is 11.9 Å². The first-order valence-electron chi connectivity index (χ1n) is 7.28. The highest BCUT2D eigenvalue weighted by Gasteiger charge is 2.39. The van der Waals surface area contributed by atoms with Crippen LogP contribution in [0.3, 0.4) is 0 Å². The molecule has 3 heterocycles. The lowest BCUT2D eigenvalue weighted by Gasteiger charge is -2.16. The lowest BCUT2D eigenvalue weighted by atomic mass is 9.89. The van der Waals surface area contributed by atoms with Crippen LogP contribution in [-0.4, -0.2) is 38.7 Å². The van der Waals surface area contributed by atoms with E-state index in [-0.39, 0.29) is 17.7 Å². The number of aromatic nitrogens is 4. The van der Waals surface area contributed by atoms with Gasteiger partial charge in [-0.2, -0.15) is 5.10 Å². The molecule has 2 atom stereocenters. The first kappa shape index (κ1) is 14.5. The third-order valence-electron chi connectivity index (χ3n) is 4.41. The molecule has 1 aliphatic rings. The summed E-state index contributed by atoms with van der Waals surface area (Å²) in [5, 5.41) is 4.28. The molecule has 2 N–H and O–H groups in total. The Morgan fingerprint density at radius 3 is 2.45 bits per heavy atom. The zero-order valence-corrected chi connectivity index (χ0v) is 13.0. The second kappa shape index (κ2) is 5.40. The molecule has 22 heavy (non-hydrogen) atoms. The largest absolute Gasteiger partial charge is 0.369 e. The SMILES string of the molecule is Cc1cnc(N2C[C@H](C(N)=O)[C@@H](c3cnn(C)c3C)C2)nc1. The smallest absolute Gasteiger partial charge is 0.225 e. The zero-order chi connectivity index (χ0) is 15.9. The summed E-state index contributed by atoms with van der Waals surface area (Å²) in [7, 11) is 1.90. The molecule has 2 aromatic heterocycles. The van der Waals surface area contributed by atoms with Crippen LogP contribution in [0.5, 0.6) is 0 Å². The molecule has 0 bridgehead atoms. The Bertz CT molecular complexity index is 693. The third-order valence-corrected chi connectivity index (χ3v) is 4.41. The Hall–Kier alpha value is -2.44. The predicted octanol–water partition coefficient (Wildman–Crippen LogP) is 0.532. The van der Waals surface area contributed by atoms with Crippen LogP contribution in [0.15, 0.2) is 18.6 Å². The normalized spacial score (nSPS) is 21.3. The molecule has 0 saturated carbocycles. The highest BCUT2D eigenvalue weighted by Crippen LogP contribution is 2.35. The molecule has 7 nitrogen and oxygen atoms in total. The molecule has 0 aliphatic carbocycles. The summed E-state index contributed by atoms with van der Waals surface area (Å²) >= 11 is 0. The van der Waals surface area contributed by atoms with Gasteiger partial charge in [-0.05, 0) is 25.0 Å². The van der Waals surface area contributed by atoms with Gasteiger partial charge < -0.3 is 10.6 Å². The van der Waals surface area contributed by atoms with Gasteiger partial charge in [0.15, 0.2) is 0 Å². The van der Waals surface area contributed by atoms with E-state index in [1.165, 1.54) is 0 Å². The maximum atomic E-state index is 11.9. The van der Waals surface area contributed by atoms with Gasteiger partial charge in [0.05, 0.1) is 12.1 Å². The number of hydrogen-bond donors (Lipinski definition) is 1. The molecule has 0 unspecified atom stereocenters. The van der Waals surface area contributed by atoms with Crippen molar-refractivity contribution in [2.24, 2.45) is 18.7 Å². The molecule has 1 aliphatic heterocycles. The van der Waals surface area contributed by atoms with Crippen LogP contribution < -0.4 is 10.6 Å². The third kappa shape index (κ3) is 2.43. The first-order chi connectivity index (χ1) is 10.5. The Morgan fingerprint density at radius 2 is 1.91 bits per heavy atom. The molecule has 116 valence electrons. The van der Waals surface area contributed by atoms with Crippen molar-refractivity contribution in [3.8, 4) is 0 Å². The second-order valence-electron chi connectivity index (χ2n) is 5.89. The van der Waals surface area contributed by atoms with E-state index in [4.69, 9.17) is 5.73 Å². The van der Waals surface area contributed by atoms with Crippen LogP contribution in [0, 0.1) is 19.8 Å². The Labute approximate surface area is 129 Å². The van der Waals surface area contributed by atoms with Gasteiger partial charge in [-0.25, -0.2) is 9.97 Å². The quantitative estimate of drug-likeness (QED) is 0.893. The number of aryl methyl sites for hydroxylation is 2. The van der Waals surface area contributed by atoms with Crippen molar-refractivity contribution in [3.05, 3.63) is 35.4 Å². The average Bonchev–Trinajstić information content (AvgIpc) is 3.05. The van der Waals surface area contributed by atoms with E-state index in [0.29, 0.717) is 19.0 Å². The second-order valence-corrected chi connectivity index (χ2v) is 5.89. The van der Waals surface area contributed by atoms with Crippen molar-refractivity contribution >= 4 is 11.9 Å². The fraction of sp³-hybridized carbons (Fsp3) is 0.467. The number of nitrogens with two attached hydrogens (primary N) is 1. The first-order valence-corrected chi connectivity index (χ1v) is 7.28. The van der Waals surface area contributed by atoms with Gasteiger partial charge in [-0.1, -0.05) is 0 Å². The predicted molar refractivity (Wildman–Crippen MR) is 82.4 cm³/mol. The average molecular weight is 300 g/mol. The molecule has 1 saturated heterocycles. The van der Waals surface area contributed by atoms with Crippen LogP contribution in [-0.2, 0) is 11.8 Å². The fourth-order valence-corrected chi connectivity index (χ4v) is 3.00. The number of anilines is 1. The van der Waals surface area contributed by atoms with Crippen molar-refractivity contribution in [2.45, 2.75) is 19.8 Å².